The number of aryl methyl sites for hydroxylation is 1. The molecule has 70 valence electrons. The summed E-state index contributed by atoms with van der Waals surface area (Å²) in [6, 6.07) is 3.68. The minimum atomic E-state index is -0.0834. The number of nitrogens with one attached hydrogen (secondary N) is 1. The fourth-order valence-corrected chi connectivity index (χ4v) is 1.47. The van der Waals surface area contributed by atoms with Gasteiger partial charge >= 0.3 is 0 Å². The highest BCUT2D eigenvalue weighted by molar-refractivity contribution is 5.14. The van der Waals surface area contributed by atoms with Crippen LogP contribution in [0, 0.1) is 0 Å². The standard InChI is InChI=1S/C9H12N2O2/c1-11-4-2-3-7(9(11)12)8-5-10-6-13-8/h2-4,8,10H,5-6H2,1H3. The van der Waals surface area contributed by atoms with Gasteiger partial charge in [0.15, 0.2) is 0 Å². The molecule has 1 saturated heterocycles. The highest BCUT2D eigenvalue weighted by Gasteiger charge is 2.19. The van der Waals surface area contributed by atoms with Crippen LogP contribution in [0.25, 0.3) is 0 Å². The number of pyridine rings is 1. The van der Waals surface area contributed by atoms with Crippen molar-refractivity contribution >= 4 is 0 Å². The summed E-state index contributed by atoms with van der Waals surface area (Å²) >= 11 is 0. The van der Waals surface area contributed by atoms with Gasteiger partial charge in [0, 0.05) is 25.4 Å². The lowest BCUT2D eigenvalue weighted by Gasteiger charge is -2.08. The van der Waals surface area contributed by atoms with Crippen LogP contribution < -0.4 is 10.9 Å². The maximum atomic E-state index is 11.6. The highest BCUT2D eigenvalue weighted by atomic mass is 16.5. The van der Waals surface area contributed by atoms with E-state index >= 15 is 0 Å². The van der Waals surface area contributed by atoms with Gasteiger partial charge in [0.25, 0.3) is 5.56 Å². The molecule has 0 aromatic carbocycles. The molecule has 4 heteroatoms. The molecule has 0 bridgehead atoms. The van der Waals surface area contributed by atoms with Crippen molar-refractivity contribution in [3.05, 3.63) is 34.2 Å². The SMILES string of the molecule is Cn1cccc(C2CNCO2)c1=O. The monoisotopic (exact) mass is 180 g/mol. The fraction of sp³-hybridized carbons (Fsp3) is 0.444. The van der Waals surface area contributed by atoms with Gasteiger partial charge < -0.3 is 9.30 Å². The largest absolute Gasteiger partial charge is 0.357 e. The first-order valence-corrected chi connectivity index (χ1v) is 4.27. The van der Waals surface area contributed by atoms with Crippen molar-refractivity contribution in [2.75, 3.05) is 13.3 Å². The van der Waals surface area contributed by atoms with Crippen molar-refractivity contribution in [2.24, 2.45) is 7.05 Å². The first-order chi connectivity index (χ1) is 6.29. The molecule has 1 aromatic rings. The molecule has 0 aliphatic carbocycles. The first-order valence-electron chi connectivity index (χ1n) is 4.27. The van der Waals surface area contributed by atoms with Crippen molar-refractivity contribution in [1.82, 2.24) is 9.88 Å². The van der Waals surface area contributed by atoms with Gasteiger partial charge in [-0.05, 0) is 12.1 Å². The molecule has 0 saturated carbocycles. The van der Waals surface area contributed by atoms with Gasteiger partial charge in [-0.1, -0.05) is 0 Å². The quantitative estimate of drug-likeness (QED) is 0.661. The van der Waals surface area contributed by atoms with Crippen LogP contribution in [-0.4, -0.2) is 17.8 Å². The molecule has 1 N–H and O–H groups in total. The van der Waals surface area contributed by atoms with Gasteiger partial charge in [0.05, 0.1) is 6.73 Å². The molecule has 2 heterocycles. The Labute approximate surface area is 76.1 Å². The van der Waals surface area contributed by atoms with E-state index in [1.54, 1.807) is 17.8 Å². The summed E-state index contributed by atoms with van der Waals surface area (Å²) in [6.07, 6.45) is 1.66. The Morgan fingerprint density at radius 3 is 3.23 bits per heavy atom. The van der Waals surface area contributed by atoms with Crippen LogP contribution in [0.4, 0.5) is 0 Å². The Bertz CT molecular complexity index is 353. The summed E-state index contributed by atoms with van der Waals surface area (Å²) in [5, 5.41) is 3.05. The van der Waals surface area contributed by atoms with E-state index in [0.717, 1.165) is 12.1 Å². The van der Waals surface area contributed by atoms with Crippen LogP contribution in [0.1, 0.15) is 11.7 Å². The molecule has 0 spiro atoms. The second-order valence-electron chi connectivity index (χ2n) is 3.13. The van der Waals surface area contributed by atoms with Crippen molar-refractivity contribution in [3.63, 3.8) is 0 Å². The predicted octanol–water partition coefficient (Wildman–Crippen LogP) is 0.00370. The van der Waals surface area contributed by atoms with E-state index in [4.69, 9.17) is 4.74 Å². The Morgan fingerprint density at radius 2 is 2.54 bits per heavy atom. The van der Waals surface area contributed by atoms with Crippen LogP contribution in [0.15, 0.2) is 23.1 Å². The van der Waals surface area contributed by atoms with Crippen molar-refractivity contribution in [1.29, 1.82) is 0 Å². The van der Waals surface area contributed by atoms with E-state index in [2.05, 4.69) is 5.32 Å². The van der Waals surface area contributed by atoms with Gasteiger partial charge in [0.1, 0.15) is 6.10 Å². The predicted molar refractivity (Wildman–Crippen MR) is 48.4 cm³/mol. The second kappa shape index (κ2) is 3.32. The number of ether oxygens (including phenoxy) is 1. The van der Waals surface area contributed by atoms with E-state index < -0.39 is 0 Å². The molecule has 1 fully saturated rings. The van der Waals surface area contributed by atoms with Crippen molar-refractivity contribution < 1.29 is 4.74 Å². The Hall–Kier alpha value is -1.13. The van der Waals surface area contributed by atoms with Crippen molar-refractivity contribution in [3.8, 4) is 0 Å². The van der Waals surface area contributed by atoms with Crippen molar-refractivity contribution in [2.45, 2.75) is 6.10 Å². The Morgan fingerprint density at radius 1 is 1.69 bits per heavy atom. The number of nitrogens with zero attached hydrogens (tertiary/aromatic N) is 1. The Kier molecular flexibility index (Phi) is 2.16. The smallest absolute Gasteiger partial charge is 0.256 e. The summed E-state index contributed by atoms with van der Waals surface area (Å²) in [7, 11) is 1.74. The number of rotatable bonds is 1. The zero-order valence-electron chi connectivity index (χ0n) is 7.49. The van der Waals surface area contributed by atoms with Crippen LogP contribution in [0.5, 0.6) is 0 Å². The topological polar surface area (TPSA) is 43.3 Å². The average Bonchev–Trinajstić information content (AvgIpc) is 2.62. The van der Waals surface area contributed by atoms with E-state index in [1.807, 2.05) is 12.1 Å². The molecular formula is C9H12N2O2. The molecule has 1 aromatic heterocycles. The summed E-state index contributed by atoms with van der Waals surface area (Å²) < 4.78 is 6.92. The first kappa shape index (κ1) is 8.47. The van der Waals surface area contributed by atoms with Crippen LogP contribution in [-0.2, 0) is 11.8 Å². The zero-order valence-corrected chi connectivity index (χ0v) is 7.49. The minimum absolute atomic E-state index is 0.0243. The molecule has 13 heavy (non-hydrogen) atoms. The maximum Gasteiger partial charge on any atom is 0.256 e. The third-order valence-electron chi connectivity index (χ3n) is 2.22. The molecule has 1 aliphatic heterocycles. The molecule has 1 aliphatic rings. The van der Waals surface area contributed by atoms with Crippen LogP contribution in [0.3, 0.4) is 0 Å². The molecular weight excluding hydrogens is 168 g/mol. The van der Waals surface area contributed by atoms with Gasteiger partial charge in [-0.15, -0.1) is 0 Å². The number of aromatic nitrogens is 1. The second-order valence-corrected chi connectivity index (χ2v) is 3.13. The van der Waals surface area contributed by atoms with Crippen LogP contribution >= 0.6 is 0 Å². The van der Waals surface area contributed by atoms with Gasteiger partial charge in [-0.25, -0.2) is 0 Å². The summed E-state index contributed by atoms with van der Waals surface area (Å²) in [6.45, 7) is 1.25. The highest BCUT2D eigenvalue weighted by Crippen LogP contribution is 2.15. The summed E-state index contributed by atoms with van der Waals surface area (Å²) in [4.78, 5) is 11.6. The van der Waals surface area contributed by atoms with Gasteiger partial charge in [0.2, 0.25) is 0 Å². The molecule has 0 radical (unpaired) electrons. The normalized spacial score (nSPS) is 22.1. The lowest BCUT2D eigenvalue weighted by Crippen LogP contribution is -2.23. The Balaban J connectivity index is 2.39. The maximum absolute atomic E-state index is 11.6. The third kappa shape index (κ3) is 1.50. The molecule has 0 amide bonds. The molecule has 1 unspecified atom stereocenters. The molecule has 2 rings (SSSR count). The van der Waals surface area contributed by atoms with E-state index in [0.29, 0.717) is 6.73 Å². The van der Waals surface area contributed by atoms with E-state index in [9.17, 15) is 4.79 Å². The van der Waals surface area contributed by atoms with E-state index in [-0.39, 0.29) is 11.7 Å². The average molecular weight is 180 g/mol. The summed E-state index contributed by atoms with van der Waals surface area (Å²) in [5.74, 6) is 0. The lowest BCUT2D eigenvalue weighted by molar-refractivity contribution is 0.113. The zero-order chi connectivity index (χ0) is 9.26. The van der Waals surface area contributed by atoms with Gasteiger partial charge in [-0.3, -0.25) is 10.1 Å². The summed E-state index contributed by atoms with van der Waals surface area (Å²) in [5.41, 5.74) is 0.756. The van der Waals surface area contributed by atoms with Gasteiger partial charge in [-0.2, -0.15) is 0 Å². The fourth-order valence-electron chi connectivity index (χ4n) is 1.47. The third-order valence-corrected chi connectivity index (χ3v) is 2.22. The molecule has 1 atom stereocenters. The molecule has 4 nitrogen and oxygen atoms in total. The number of hydrogen-bond donors (Lipinski definition) is 1. The lowest BCUT2D eigenvalue weighted by atomic mass is 10.1. The minimum Gasteiger partial charge on any atom is -0.357 e. The van der Waals surface area contributed by atoms with E-state index in [1.165, 1.54) is 0 Å². The number of hydrogen-bond acceptors (Lipinski definition) is 3. The van der Waals surface area contributed by atoms with Crippen LogP contribution in [0.2, 0.25) is 0 Å².